The van der Waals surface area contributed by atoms with Crippen LogP contribution in [0.4, 0.5) is 5.69 Å². The van der Waals surface area contributed by atoms with E-state index in [4.69, 9.17) is 0 Å². The highest BCUT2D eigenvalue weighted by Crippen LogP contribution is 2.30. The molecule has 2 aliphatic rings. The van der Waals surface area contributed by atoms with Gasteiger partial charge in [0, 0.05) is 61.4 Å². The third-order valence-corrected chi connectivity index (χ3v) is 7.32. The monoisotopic (exact) mass is 534 g/mol. The first kappa shape index (κ1) is 27.4. The predicted octanol–water partition coefficient (Wildman–Crippen LogP) is 3.27. The Labute approximate surface area is 227 Å². The van der Waals surface area contributed by atoms with Crippen LogP contribution in [0.5, 0.6) is 0 Å². The zero-order chi connectivity index (χ0) is 26.9. The van der Waals surface area contributed by atoms with E-state index in [1.807, 2.05) is 36.1 Å². The molecule has 38 heavy (non-hydrogen) atoms. The Balaban J connectivity index is 0.000000216. The number of thiophene rings is 1. The standard InChI is InChI=1S/C18H19N3O3S.C10H15N3/c1-2-14(10-23)19-18(24)16-15(13-6-8-25-11-13)20-17-12(9-22)5-3-4-7-21(16)17;1-12-6-8-13(9-7-12)10-2-4-11-5-3-10/h3-9,11-12,14,23H,2,10H2,1H3,(H,19,24);2-5H,6-9H2,1H3. The number of aromatic nitrogens is 3. The lowest BCUT2D eigenvalue weighted by Crippen LogP contribution is -2.44. The summed E-state index contributed by atoms with van der Waals surface area (Å²) in [5.41, 5.74) is 3.03. The molecule has 2 unspecified atom stereocenters. The van der Waals surface area contributed by atoms with Crippen LogP contribution in [0.2, 0.25) is 0 Å². The number of nitrogens with one attached hydrogen (secondary N) is 1. The fraction of sp³-hybridized carbons (Fsp3) is 0.357. The number of imidazole rings is 1. The average Bonchev–Trinajstić information content (AvgIpc) is 3.57. The Morgan fingerprint density at radius 2 is 1.97 bits per heavy atom. The molecule has 0 bridgehead atoms. The average molecular weight is 535 g/mol. The summed E-state index contributed by atoms with van der Waals surface area (Å²) in [6.07, 6.45) is 12.1. The van der Waals surface area contributed by atoms with Crippen molar-refractivity contribution in [1.82, 2.24) is 24.8 Å². The lowest BCUT2D eigenvalue weighted by molar-refractivity contribution is -0.108. The molecule has 1 amide bonds. The Bertz CT molecular complexity index is 1240. The molecule has 5 rings (SSSR count). The third-order valence-electron chi connectivity index (χ3n) is 6.64. The summed E-state index contributed by atoms with van der Waals surface area (Å²) < 4.78 is 1.66. The van der Waals surface area contributed by atoms with Crippen molar-refractivity contribution in [2.75, 3.05) is 44.7 Å². The summed E-state index contributed by atoms with van der Waals surface area (Å²) >= 11 is 1.51. The molecule has 9 nitrogen and oxygen atoms in total. The number of allylic oxidation sites excluding steroid dienone is 3. The Morgan fingerprint density at radius 1 is 1.21 bits per heavy atom. The lowest BCUT2D eigenvalue weighted by Gasteiger charge is -2.33. The minimum atomic E-state index is -0.520. The maximum atomic E-state index is 12.9. The highest BCUT2D eigenvalue weighted by molar-refractivity contribution is 7.08. The fourth-order valence-corrected chi connectivity index (χ4v) is 4.96. The van der Waals surface area contributed by atoms with Crippen LogP contribution in [0.3, 0.4) is 0 Å². The molecule has 3 aromatic heterocycles. The minimum Gasteiger partial charge on any atom is -0.394 e. The van der Waals surface area contributed by atoms with Gasteiger partial charge < -0.3 is 25.0 Å². The van der Waals surface area contributed by atoms with Crippen LogP contribution in [0.25, 0.3) is 17.5 Å². The molecular weight excluding hydrogens is 500 g/mol. The van der Waals surface area contributed by atoms with Gasteiger partial charge in [0.15, 0.2) is 0 Å². The summed E-state index contributed by atoms with van der Waals surface area (Å²) in [6, 6.07) is 5.71. The van der Waals surface area contributed by atoms with Gasteiger partial charge >= 0.3 is 0 Å². The van der Waals surface area contributed by atoms with Crippen LogP contribution in [-0.4, -0.2) is 82.6 Å². The molecule has 1 saturated heterocycles. The van der Waals surface area contributed by atoms with Gasteiger partial charge in [0.25, 0.3) is 5.91 Å². The van der Waals surface area contributed by atoms with E-state index in [0.29, 0.717) is 23.6 Å². The summed E-state index contributed by atoms with van der Waals surface area (Å²) in [6.45, 7) is 6.32. The second-order valence-electron chi connectivity index (χ2n) is 9.19. The zero-order valence-electron chi connectivity index (χ0n) is 21.7. The van der Waals surface area contributed by atoms with Crippen LogP contribution in [-0.2, 0) is 4.79 Å². The van der Waals surface area contributed by atoms with E-state index < -0.39 is 5.92 Å². The molecule has 2 aliphatic heterocycles. The molecule has 2 N–H and O–H groups in total. The number of aldehydes is 1. The van der Waals surface area contributed by atoms with Crippen molar-refractivity contribution in [1.29, 1.82) is 0 Å². The van der Waals surface area contributed by atoms with Crippen LogP contribution in [0, 0.1) is 0 Å². The first-order valence-electron chi connectivity index (χ1n) is 12.8. The molecule has 2 atom stereocenters. The van der Waals surface area contributed by atoms with Crippen molar-refractivity contribution in [2.45, 2.75) is 25.3 Å². The molecule has 1 fully saturated rings. The van der Waals surface area contributed by atoms with Crippen molar-refractivity contribution in [3.63, 3.8) is 0 Å². The molecule has 200 valence electrons. The molecule has 3 aromatic rings. The Morgan fingerprint density at radius 3 is 2.61 bits per heavy atom. The first-order chi connectivity index (χ1) is 18.5. The van der Waals surface area contributed by atoms with E-state index in [1.54, 1.807) is 29.0 Å². The fourth-order valence-electron chi connectivity index (χ4n) is 4.32. The number of hydrogen-bond acceptors (Lipinski definition) is 8. The van der Waals surface area contributed by atoms with Crippen LogP contribution < -0.4 is 10.2 Å². The molecule has 10 heteroatoms. The van der Waals surface area contributed by atoms with Gasteiger partial charge in [-0.2, -0.15) is 11.3 Å². The zero-order valence-corrected chi connectivity index (χ0v) is 22.6. The van der Waals surface area contributed by atoms with Crippen molar-refractivity contribution in [3.05, 3.63) is 71.1 Å². The number of likely N-dealkylation sites (N-methyl/N-ethyl adjacent to an activating group) is 1. The molecule has 0 saturated carbocycles. The Hall–Kier alpha value is -3.60. The minimum absolute atomic E-state index is 0.134. The van der Waals surface area contributed by atoms with Crippen molar-refractivity contribution in [2.24, 2.45) is 0 Å². The predicted molar refractivity (Wildman–Crippen MR) is 151 cm³/mol. The van der Waals surface area contributed by atoms with Gasteiger partial charge in [-0.25, -0.2) is 4.98 Å². The number of anilines is 1. The van der Waals surface area contributed by atoms with E-state index in [2.05, 4.69) is 44.3 Å². The largest absolute Gasteiger partial charge is 0.394 e. The lowest BCUT2D eigenvalue weighted by atomic mass is 10.1. The van der Waals surface area contributed by atoms with Crippen LogP contribution >= 0.6 is 11.3 Å². The highest BCUT2D eigenvalue weighted by Gasteiger charge is 2.28. The number of hydrogen-bond donors (Lipinski definition) is 2. The van der Waals surface area contributed by atoms with Crippen LogP contribution in [0.1, 0.15) is 35.6 Å². The number of carbonyl (C=O) groups is 2. The van der Waals surface area contributed by atoms with E-state index in [-0.39, 0.29) is 18.6 Å². The third kappa shape index (κ3) is 6.45. The number of aliphatic hydroxyl groups is 1. The number of amides is 1. The number of carbonyl (C=O) groups excluding carboxylic acids is 2. The number of rotatable bonds is 7. The van der Waals surface area contributed by atoms with E-state index in [9.17, 15) is 14.7 Å². The number of aliphatic hydroxyl groups excluding tert-OH is 1. The summed E-state index contributed by atoms with van der Waals surface area (Å²) in [7, 11) is 2.17. The van der Waals surface area contributed by atoms with Crippen LogP contribution in [0.15, 0.2) is 59.6 Å². The number of fused-ring (bicyclic) bond motifs is 1. The smallest absolute Gasteiger partial charge is 0.270 e. The van der Waals surface area contributed by atoms with E-state index in [0.717, 1.165) is 38.0 Å². The normalized spacial score (nSPS) is 17.7. The summed E-state index contributed by atoms with van der Waals surface area (Å²) in [5, 5.41) is 16.0. The second-order valence-corrected chi connectivity index (χ2v) is 9.97. The van der Waals surface area contributed by atoms with E-state index >= 15 is 0 Å². The highest BCUT2D eigenvalue weighted by atomic mass is 32.1. The van der Waals surface area contributed by atoms with Gasteiger partial charge in [0.2, 0.25) is 0 Å². The Kier molecular flexibility index (Phi) is 9.58. The SMILES string of the molecule is CCC(CO)NC(=O)c1c(-c2ccsc2)nc2n1C=CC=CC2C=O.CN1CCN(c2ccncc2)CC1. The van der Waals surface area contributed by atoms with Crippen molar-refractivity contribution >= 4 is 35.4 Å². The number of pyridine rings is 1. The second kappa shape index (κ2) is 13.3. The number of nitrogens with zero attached hydrogens (tertiary/aromatic N) is 5. The van der Waals surface area contributed by atoms with Gasteiger partial charge in [0.05, 0.1) is 18.6 Å². The molecule has 0 radical (unpaired) electrons. The van der Waals surface area contributed by atoms with Crippen molar-refractivity contribution < 1.29 is 14.7 Å². The van der Waals surface area contributed by atoms with Gasteiger partial charge in [0.1, 0.15) is 23.5 Å². The van der Waals surface area contributed by atoms with Crippen molar-refractivity contribution in [3.8, 4) is 11.3 Å². The molecule has 0 aromatic carbocycles. The maximum Gasteiger partial charge on any atom is 0.270 e. The maximum absolute atomic E-state index is 12.9. The summed E-state index contributed by atoms with van der Waals surface area (Å²) in [5.74, 6) is -0.339. The molecule has 0 spiro atoms. The molecular formula is C28H34N6O3S. The molecule has 0 aliphatic carbocycles. The summed E-state index contributed by atoms with van der Waals surface area (Å²) in [4.78, 5) is 37.7. The van der Waals surface area contributed by atoms with E-state index in [1.165, 1.54) is 17.0 Å². The van der Waals surface area contributed by atoms with Gasteiger partial charge in [-0.05, 0) is 43.1 Å². The van der Waals surface area contributed by atoms with Gasteiger partial charge in [-0.15, -0.1) is 0 Å². The first-order valence-corrected chi connectivity index (χ1v) is 13.7. The number of piperazine rings is 1. The topological polar surface area (TPSA) is 104 Å². The van der Waals surface area contributed by atoms with Gasteiger partial charge in [-0.3, -0.25) is 14.3 Å². The molecule has 5 heterocycles. The quantitative estimate of drug-likeness (QED) is 0.449. The van der Waals surface area contributed by atoms with Gasteiger partial charge in [-0.1, -0.05) is 19.1 Å².